The van der Waals surface area contributed by atoms with Crippen molar-refractivity contribution in [1.82, 2.24) is 9.97 Å². The summed E-state index contributed by atoms with van der Waals surface area (Å²) >= 11 is 6.53. The number of hydrogen-bond acceptors (Lipinski definition) is 5. The molecule has 2 bridgehead atoms. The van der Waals surface area contributed by atoms with Crippen molar-refractivity contribution in [2.75, 3.05) is 10.3 Å². The molecule has 0 unspecified atom stereocenters. The normalized spacial score (nSPS) is 24.4. The lowest BCUT2D eigenvalue weighted by Gasteiger charge is -2.52. The number of benzene rings is 4. The largest absolute Gasteiger partial charge is 0.323 e. The summed E-state index contributed by atoms with van der Waals surface area (Å²) in [6.45, 7) is 0. The highest BCUT2D eigenvalue weighted by atomic mass is 35.5. The predicted molar refractivity (Wildman–Crippen MR) is 155 cm³/mol. The van der Waals surface area contributed by atoms with E-state index in [1.54, 1.807) is 30.5 Å². The molecule has 7 nitrogen and oxygen atoms in total. The van der Waals surface area contributed by atoms with Crippen molar-refractivity contribution >= 4 is 52.3 Å². The van der Waals surface area contributed by atoms with Crippen molar-refractivity contribution < 1.29 is 9.59 Å². The van der Waals surface area contributed by atoms with Crippen LogP contribution in [0.4, 0.5) is 11.6 Å². The van der Waals surface area contributed by atoms with Crippen LogP contribution in [0.25, 0.3) is 11.0 Å². The number of imide groups is 1. The highest BCUT2D eigenvalue weighted by Crippen LogP contribution is 2.63. The number of carbonyl (C=O) groups is 2. The van der Waals surface area contributed by atoms with Gasteiger partial charge in [-0.15, -0.1) is 0 Å². The molecule has 2 atom stereocenters. The number of para-hydroxylation sites is 3. The number of carbonyl (C=O) groups excluding carboxylic acids is 2. The maximum absolute atomic E-state index is 14.4. The highest BCUT2D eigenvalue weighted by Gasteiger charge is 2.68. The van der Waals surface area contributed by atoms with Crippen molar-refractivity contribution in [1.29, 1.82) is 0 Å². The molecule has 4 aliphatic rings. The summed E-state index contributed by atoms with van der Waals surface area (Å²) in [5, 5.41) is 5.04. The third kappa shape index (κ3) is 2.95. The first-order chi connectivity index (χ1) is 19.6. The van der Waals surface area contributed by atoms with Gasteiger partial charge in [0.25, 0.3) is 0 Å². The molecule has 3 aliphatic carbocycles. The Labute approximate surface area is 234 Å². The maximum Gasteiger partial charge on any atom is 0.239 e. The van der Waals surface area contributed by atoms with Gasteiger partial charge < -0.3 is 4.98 Å². The second-order valence-electron chi connectivity index (χ2n) is 10.5. The van der Waals surface area contributed by atoms with Gasteiger partial charge in [-0.25, -0.2) is 15.3 Å². The molecule has 40 heavy (non-hydrogen) atoms. The Kier molecular flexibility index (Phi) is 4.85. The molecule has 0 radical (unpaired) electrons. The third-order valence-corrected chi connectivity index (χ3v) is 8.92. The van der Waals surface area contributed by atoms with Gasteiger partial charge >= 0.3 is 0 Å². The highest BCUT2D eigenvalue weighted by molar-refractivity contribution is 6.36. The molecule has 2 amide bonds. The molecule has 2 heterocycles. The molecular formula is C32H22ClN5O2. The summed E-state index contributed by atoms with van der Waals surface area (Å²) < 4.78 is 0. The number of imidazole rings is 1. The lowest BCUT2D eigenvalue weighted by Crippen LogP contribution is -2.54. The van der Waals surface area contributed by atoms with Gasteiger partial charge in [0.05, 0.1) is 39.0 Å². The number of aromatic amines is 1. The molecule has 0 saturated carbocycles. The molecule has 8 heteroatoms. The van der Waals surface area contributed by atoms with E-state index >= 15 is 0 Å². The monoisotopic (exact) mass is 543 g/mol. The summed E-state index contributed by atoms with van der Waals surface area (Å²) in [5.74, 6) is -1.55. The average Bonchev–Trinajstić information content (AvgIpc) is 3.52. The second kappa shape index (κ2) is 8.37. The van der Waals surface area contributed by atoms with Crippen molar-refractivity contribution in [2.45, 2.75) is 11.3 Å². The molecule has 2 N–H and O–H groups in total. The van der Waals surface area contributed by atoms with Gasteiger partial charge in [-0.2, -0.15) is 5.10 Å². The van der Waals surface area contributed by atoms with Gasteiger partial charge in [-0.1, -0.05) is 84.4 Å². The Hall–Kier alpha value is -4.75. The number of nitrogens with zero attached hydrogens (tertiary/aromatic N) is 3. The van der Waals surface area contributed by atoms with E-state index in [1.165, 1.54) is 4.90 Å². The quantitative estimate of drug-likeness (QED) is 0.169. The van der Waals surface area contributed by atoms with Gasteiger partial charge in [0.2, 0.25) is 17.8 Å². The van der Waals surface area contributed by atoms with E-state index in [0.29, 0.717) is 16.7 Å². The van der Waals surface area contributed by atoms with Crippen molar-refractivity contribution in [3.8, 4) is 0 Å². The zero-order valence-electron chi connectivity index (χ0n) is 21.1. The van der Waals surface area contributed by atoms with Crippen LogP contribution in [0.5, 0.6) is 0 Å². The van der Waals surface area contributed by atoms with Crippen LogP contribution in [0.2, 0.25) is 5.02 Å². The van der Waals surface area contributed by atoms with Crippen LogP contribution in [-0.2, 0) is 15.0 Å². The molecule has 1 aromatic heterocycles. The first-order valence-corrected chi connectivity index (χ1v) is 13.5. The zero-order chi connectivity index (χ0) is 27.0. The van der Waals surface area contributed by atoms with Crippen molar-refractivity contribution in [3.63, 3.8) is 0 Å². The number of hydrogen-bond donors (Lipinski definition) is 2. The van der Waals surface area contributed by atoms with E-state index in [1.807, 2.05) is 48.5 Å². The first kappa shape index (κ1) is 23.2. The lowest BCUT2D eigenvalue weighted by molar-refractivity contribution is -0.122. The number of hydrazone groups is 1. The first-order valence-electron chi connectivity index (χ1n) is 13.2. The average molecular weight is 544 g/mol. The zero-order valence-corrected chi connectivity index (χ0v) is 21.8. The maximum atomic E-state index is 14.4. The molecular weight excluding hydrogens is 522 g/mol. The third-order valence-electron chi connectivity index (χ3n) is 8.61. The van der Waals surface area contributed by atoms with Crippen LogP contribution < -0.4 is 10.3 Å². The van der Waals surface area contributed by atoms with Crippen LogP contribution in [0.3, 0.4) is 0 Å². The van der Waals surface area contributed by atoms with Crippen LogP contribution in [0, 0.1) is 11.8 Å². The molecule has 1 fully saturated rings. The van der Waals surface area contributed by atoms with Crippen molar-refractivity contribution in [2.24, 2.45) is 16.9 Å². The molecule has 1 saturated heterocycles. The summed E-state index contributed by atoms with van der Waals surface area (Å²) in [6.07, 6.45) is 1.80. The molecule has 4 aromatic carbocycles. The lowest BCUT2D eigenvalue weighted by atomic mass is 9.47. The Morgan fingerprint density at radius 2 is 1.50 bits per heavy atom. The number of H-pyrrole nitrogens is 1. The minimum atomic E-state index is -0.978. The van der Waals surface area contributed by atoms with Crippen LogP contribution >= 0.6 is 11.6 Å². The molecule has 194 valence electrons. The van der Waals surface area contributed by atoms with Crippen LogP contribution in [-0.4, -0.2) is 28.0 Å². The Bertz CT molecular complexity index is 1810. The Balaban J connectivity index is 1.33. The number of nitrogens with one attached hydrogen (secondary N) is 2. The topological polar surface area (TPSA) is 90.4 Å². The standard InChI is InChI=1S/C32H22ClN5O2/c33-22-13-5-8-16-25(22)38-29(39)27-26-18-9-1-3-11-20(18)32(28(27)30(38)40,21-12-4-2-10-19(21)26)17-34-37-31-35-23-14-6-7-15-24(23)36-31/h1-17,26-28H,(H2,35,36,37)/b34-17-/t26?,27-,28-,32?/m0/s1. The summed E-state index contributed by atoms with van der Waals surface area (Å²) in [4.78, 5) is 37.7. The molecule has 5 aromatic rings. The fraction of sp³-hybridized carbons (Fsp3) is 0.125. The summed E-state index contributed by atoms with van der Waals surface area (Å²) in [7, 11) is 0. The minimum absolute atomic E-state index is 0.236. The van der Waals surface area contributed by atoms with Crippen LogP contribution in [0.1, 0.15) is 28.2 Å². The molecule has 1 aliphatic heterocycles. The van der Waals surface area contributed by atoms with Gasteiger partial charge in [-0.3, -0.25) is 9.59 Å². The number of fused-ring (bicyclic) bond motifs is 1. The van der Waals surface area contributed by atoms with E-state index in [0.717, 1.165) is 33.3 Å². The summed E-state index contributed by atoms with van der Waals surface area (Å²) in [5.41, 5.74) is 8.24. The fourth-order valence-electron chi connectivity index (χ4n) is 7.12. The van der Waals surface area contributed by atoms with Crippen LogP contribution in [0.15, 0.2) is 102 Å². The SMILES string of the molecule is O=C1[C@@H]2[C@@H](C(=O)N1c1ccccc1Cl)C1c3ccccc3C2(/C=N\Nc2nc3ccccc3[nH]2)c2ccccc21. The number of halogens is 1. The Morgan fingerprint density at radius 3 is 2.23 bits per heavy atom. The smallest absolute Gasteiger partial charge is 0.239 e. The van der Waals surface area contributed by atoms with Gasteiger partial charge in [-0.05, 0) is 46.5 Å². The Morgan fingerprint density at radius 1 is 0.850 bits per heavy atom. The number of aromatic nitrogens is 2. The van der Waals surface area contributed by atoms with E-state index in [9.17, 15) is 9.59 Å². The predicted octanol–water partition coefficient (Wildman–Crippen LogP) is 5.87. The van der Waals surface area contributed by atoms with Gasteiger partial charge in [0.1, 0.15) is 0 Å². The van der Waals surface area contributed by atoms with Gasteiger partial charge in [0, 0.05) is 12.1 Å². The van der Waals surface area contributed by atoms with E-state index in [-0.39, 0.29) is 17.7 Å². The number of amides is 2. The van der Waals surface area contributed by atoms with E-state index in [4.69, 9.17) is 11.6 Å². The summed E-state index contributed by atoms with van der Waals surface area (Å²) in [6, 6.07) is 30.9. The van der Waals surface area contributed by atoms with Gasteiger partial charge in [0.15, 0.2) is 0 Å². The number of rotatable bonds is 4. The second-order valence-corrected chi connectivity index (χ2v) is 10.9. The van der Waals surface area contributed by atoms with E-state index < -0.39 is 17.3 Å². The fourth-order valence-corrected chi connectivity index (χ4v) is 7.34. The van der Waals surface area contributed by atoms with Crippen molar-refractivity contribution in [3.05, 3.63) is 124 Å². The minimum Gasteiger partial charge on any atom is -0.323 e. The molecule has 9 rings (SSSR count). The van der Waals surface area contributed by atoms with E-state index in [2.05, 4.69) is 44.8 Å². The molecule has 0 spiro atoms. The number of anilines is 2.